The fourth-order valence-corrected chi connectivity index (χ4v) is 5.48. The minimum atomic E-state index is -0.828. The fraction of sp³-hybridized carbons (Fsp3) is 0.385. The van der Waals surface area contributed by atoms with Gasteiger partial charge in [0.25, 0.3) is 0 Å². The van der Waals surface area contributed by atoms with Gasteiger partial charge in [-0.1, -0.05) is 0 Å². The SMILES string of the molecule is COc1ccc2nccc(C(=O)CC[C@H]3CCN(CCSc4cc(F)ccn4)C[C@H]3C(=O)O)c2c1. The highest BCUT2D eigenvalue weighted by Crippen LogP contribution is 2.30. The molecule has 0 unspecified atom stereocenters. The minimum Gasteiger partial charge on any atom is -0.497 e. The number of aromatic nitrogens is 2. The summed E-state index contributed by atoms with van der Waals surface area (Å²) >= 11 is 1.45. The number of carboxylic acids is 1. The van der Waals surface area contributed by atoms with E-state index in [0.717, 1.165) is 23.9 Å². The van der Waals surface area contributed by atoms with Gasteiger partial charge in [-0.15, -0.1) is 11.8 Å². The number of rotatable bonds is 10. The molecule has 9 heteroatoms. The van der Waals surface area contributed by atoms with E-state index >= 15 is 0 Å². The summed E-state index contributed by atoms with van der Waals surface area (Å²) in [5.74, 6) is -0.394. The highest BCUT2D eigenvalue weighted by Gasteiger charge is 2.34. The van der Waals surface area contributed by atoms with Crippen molar-refractivity contribution in [2.75, 3.05) is 32.5 Å². The topological polar surface area (TPSA) is 92.6 Å². The normalized spacial score (nSPS) is 18.5. The Labute approximate surface area is 207 Å². The predicted octanol–water partition coefficient (Wildman–Crippen LogP) is 4.56. The van der Waals surface area contributed by atoms with Crippen molar-refractivity contribution in [2.45, 2.75) is 24.3 Å². The first-order valence-electron chi connectivity index (χ1n) is 11.6. The second-order valence-corrected chi connectivity index (χ2v) is 9.77. The Morgan fingerprint density at radius 2 is 2.03 bits per heavy atom. The number of ketones is 1. The predicted molar refractivity (Wildman–Crippen MR) is 132 cm³/mol. The number of thioether (sulfide) groups is 1. The van der Waals surface area contributed by atoms with Crippen LogP contribution in [0.5, 0.6) is 5.75 Å². The number of carbonyl (C=O) groups is 2. The van der Waals surface area contributed by atoms with Gasteiger partial charge in [-0.2, -0.15) is 0 Å². The fourth-order valence-electron chi connectivity index (χ4n) is 4.59. The lowest BCUT2D eigenvalue weighted by molar-refractivity contribution is -0.146. The number of carboxylic acid groups (broad SMARTS) is 1. The molecule has 0 spiro atoms. The van der Waals surface area contributed by atoms with Crippen LogP contribution in [0, 0.1) is 17.7 Å². The van der Waals surface area contributed by atoms with Gasteiger partial charge in [0.05, 0.1) is 23.6 Å². The molecule has 3 heterocycles. The molecule has 0 amide bonds. The monoisotopic (exact) mass is 497 g/mol. The molecule has 0 bridgehead atoms. The molecule has 0 radical (unpaired) electrons. The Kier molecular flexibility index (Phi) is 8.30. The standard InChI is InChI=1S/C26H28FN3O4S/c1-34-19-3-4-23-21(15-19)20(7-10-28-23)24(31)5-2-17-8-11-30(16-22(17)26(32)33)12-13-35-25-14-18(27)6-9-29-25/h3-4,6-7,9-10,14-15,17,22H,2,5,8,11-13,16H2,1H3,(H,32,33)/t17-,22+/m0/s1. The average Bonchev–Trinajstić information content (AvgIpc) is 2.87. The van der Waals surface area contributed by atoms with E-state index in [1.165, 1.54) is 30.1 Å². The van der Waals surface area contributed by atoms with Crippen LogP contribution in [0.25, 0.3) is 10.9 Å². The lowest BCUT2D eigenvalue weighted by Gasteiger charge is -2.36. The minimum absolute atomic E-state index is 0.0174. The van der Waals surface area contributed by atoms with Crippen LogP contribution >= 0.6 is 11.8 Å². The third kappa shape index (κ3) is 6.35. The lowest BCUT2D eigenvalue weighted by atomic mass is 9.81. The largest absolute Gasteiger partial charge is 0.497 e. The van der Waals surface area contributed by atoms with Crippen LogP contribution in [0.4, 0.5) is 4.39 Å². The molecule has 1 aromatic carbocycles. The van der Waals surface area contributed by atoms with Crippen molar-refractivity contribution in [3.05, 3.63) is 60.2 Å². The highest BCUT2D eigenvalue weighted by molar-refractivity contribution is 7.99. The molecule has 1 aliphatic rings. The summed E-state index contributed by atoms with van der Waals surface area (Å²) in [6.07, 6.45) is 4.59. The Bertz CT molecular complexity index is 1210. The molecule has 7 nitrogen and oxygen atoms in total. The zero-order valence-electron chi connectivity index (χ0n) is 19.5. The van der Waals surface area contributed by atoms with Gasteiger partial charge in [0.1, 0.15) is 11.6 Å². The molecule has 0 saturated carbocycles. The van der Waals surface area contributed by atoms with Crippen molar-refractivity contribution in [3.8, 4) is 5.75 Å². The number of halogens is 1. The highest BCUT2D eigenvalue weighted by atomic mass is 32.2. The smallest absolute Gasteiger partial charge is 0.308 e. The van der Waals surface area contributed by atoms with Crippen LogP contribution in [0.3, 0.4) is 0 Å². The zero-order valence-corrected chi connectivity index (χ0v) is 20.3. The van der Waals surface area contributed by atoms with E-state index in [0.29, 0.717) is 41.6 Å². The van der Waals surface area contributed by atoms with Crippen molar-refractivity contribution in [1.29, 1.82) is 0 Å². The average molecular weight is 498 g/mol. The van der Waals surface area contributed by atoms with E-state index in [4.69, 9.17) is 4.74 Å². The van der Waals surface area contributed by atoms with Crippen LogP contribution in [0.2, 0.25) is 0 Å². The molecule has 1 fully saturated rings. The maximum atomic E-state index is 13.3. The van der Waals surface area contributed by atoms with Gasteiger partial charge < -0.3 is 14.7 Å². The summed E-state index contributed by atoms with van der Waals surface area (Å²) in [5.41, 5.74) is 1.31. The van der Waals surface area contributed by atoms with Gasteiger partial charge in [-0.3, -0.25) is 14.6 Å². The van der Waals surface area contributed by atoms with E-state index in [9.17, 15) is 19.1 Å². The van der Waals surface area contributed by atoms with Crippen LogP contribution in [-0.2, 0) is 4.79 Å². The second-order valence-electron chi connectivity index (χ2n) is 8.66. The Morgan fingerprint density at radius 1 is 1.20 bits per heavy atom. The third-order valence-corrected chi connectivity index (χ3v) is 7.41. The molecule has 1 saturated heterocycles. The maximum absolute atomic E-state index is 13.3. The number of ether oxygens (including phenoxy) is 1. The van der Waals surface area contributed by atoms with Crippen LogP contribution in [0.1, 0.15) is 29.6 Å². The van der Waals surface area contributed by atoms with Gasteiger partial charge in [0.2, 0.25) is 0 Å². The maximum Gasteiger partial charge on any atom is 0.308 e. The number of hydrogen-bond acceptors (Lipinski definition) is 7. The number of pyridine rings is 2. The lowest BCUT2D eigenvalue weighted by Crippen LogP contribution is -2.44. The second kappa shape index (κ2) is 11.6. The third-order valence-electron chi connectivity index (χ3n) is 6.50. The number of methoxy groups -OCH3 is 1. The van der Waals surface area contributed by atoms with Crippen molar-refractivity contribution in [2.24, 2.45) is 11.8 Å². The molecular formula is C26H28FN3O4S. The van der Waals surface area contributed by atoms with E-state index in [-0.39, 0.29) is 23.9 Å². The van der Waals surface area contributed by atoms with Crippen molar-refractivity contribution in [3.63, 3.8) is 0 Å². The van der Waals surface area contributed by atoms with Crippen LogP contribution < -0.4 is 4.74 Å². The molecular weight excluding hydrogens is 469 g/mol. The Hall–Kier alpha value is -3.04. The Morgan fingerprint density at radius 3 is 2.80 bits per heavy atom. The van der Waals surface area contributed by atoms with Gasteiger partial charge in [0.15, 0.2) is 5.78 Å². The Balaban J connectivity index is 1.33. The zero-order chi connectivity index (χ0) is 24.8. The van der Waals surface area contributed by atoms with Gasteiger partial charge >= 0.3 is 5.97 Å². The number of Topliss-reactive ketones (excluding diaryl/α,β-unsaturated/α-hetero) is 1. The first-order valence-corrected chi connectivity index (χ1v) is 12.6. The van der Waals surface area contributed by atoms with E-state index in [2.05, 4.69) is 14.9 Å². The number of piperidine rings is 1. The summed E-state index contributed by atoms with van der Waals surface area (Å²) in [6.45, 7) is 1.92. The van der Waals surface area contributed by atoms with E-state index < -0.39 is 11.9 Å². The summed E-state index contributed by atoms with van der Waals surface area (Å²) in [6, 6.07) is 9.87. The first kappa shape index (κ1) is 25.1. The number of aliphatic carboxylic acids is 1. The molecule has 184 valence electrons. The molecule has 1 N–H and O–H groups in total. The van der Waals surface area contributed by atoms with Crippen molar-refractivity contribution in [1.82, 2.24) is 14.9 Å². The summed E-state index contributed by atoms with van der Waals surface area (Å²) in [5, 5.41) is 11.2. The number of likely N-dealkylation sites (tertiary alicyclic amines) is 1. The van der Waals surface area contributed by atoms with Gasteiger partial charge in [-0.05, 0) is 55.6 Å². The molecule has 3 aromatic rings. The number of nitrogens with zero attached hydrogens (tertiary/aromatic N) is 3. The summed E-state index contributed by atoms with van der Waals surface area (Å²) in [7, 11) is 1.58. The molecule has 4 rings (SSSR count). The van der Waals surface area contributed by atoms with Gasteiger partial charge in [-0.25, -0.2) is 9.37 Å². The summed E-state index contributed by atoms with van der Waals surface area (Å²) < 4.78 is 18.6. The number of fused-ring (bicyclic) bond motifs is 1. The number of hydrogen-bond donors (Lipinski definition) is 1. The molecule has 1 aliphatic heterocycles. The molecule has 2 aromatic heterocycles. The van der Waals surface area contributed by atoms with Crippen LogP contribution in [0.15, 0.2) is 53.8 Å². The van der Waals surface area contributed by atoms with Crippen LogP contribution in [-0.4, -0.2) is 64.2 Å². The van der Waals surface area contributed by atoms with E-state index in [1.807, 2.05) is 18.2 Å². The quantitative estimate of drug-likeness (QED) is 0.322. The summed E-state index contributed by atoms with van der Waals surface area (Å²) in [4.78, 5) is 35.7. The molecule has 35 heavy (non-hydrogen) atoms. The van der Waals surface area contributed by atoms with Gasteiger partial charge in [0, 0.05) is 54.7 Å². The number of benzene rings is 1. The first-order chi connectivity index (χ1) is 16.9. The number of carbonyl (C=O) groups excluding carboxylic acids is 1. The van der Waals surface area contributed by atoms with Crippen molar-refractivity contribution >= 4 is 34.4 Å². The van der Waals surface area contributed by atoms with E-state index in [1.54, 1.807) is 19.4 Å². The van der Waals surface area contributed by atoms with Crippen molar-refractivity contribution < 1.29 is 23.8 Å². The molecule has 2 atom stereocenters. The molecule has 0 aliphatic carbocycles.